The quantitative estimate of drug-likeness (QED) is 0.355. The number of esters is 1. The number of nitro benzene ring substituents is 1. The summed E-state index contributed by atoms with van der Waals surface area (Å²) in [5, 5.41) is 13.1. The lowest BCUT2D eigenvalue weighted by atomic mass is 10.1. The monoisotopic (exact) mass is 381 g/mol. The van der Waals surface area contributed by atoms with Crippen molar-refractivity contribution in [1.29, 1.82) is 0 Å². The first kappa shape index (κ1) is 19.1. The molecule has 2 aromatic carbocycles. The SMILES string of the molecule is C[C@@H](OC(=O)c1ccc([N+](=O)[O-])cc1N)C(=O)Nc1ccc(Cl)cc1F. The molecule has 136 valence electrons. The number of nitro groups is 1. The Labute approximate surface area is 151 Å². The Morgan fingerprint density at radius 2 is 2.00 bits per heavy atom. The van der Waals surface area contributed by atoms with Gasteiger partial charge in [0.2, 0.25) is 0 Å². The number of amides is 1. The Kier molecular flexibility index (Phi) is 5.73. The molecule has 26 heavy (non-hydrogen) atoms. The average molecular weight is 382 g/mol. The Bertz CT molecular complexity index is 890. The van der Waals surface area contributed by atoms with E-state index in [2.05, 4.69) is 5.32 Å². The second-order valence-corrected chi connectivity index (χ2v) is 5.63. The van der Waals surface area contributed by atoms with E-state index in [9.17, 15) is 24.1 Å². The van der Waals surface area contributed by atoms with Crippen LogP contribution in [0.25, 0.3) is 0 Å². The summed E-state index contributed by atoms with van der Waals surface area (Å²) in [5.41, 5.74) is 4.89. The van der Waals surface area contributed by atoms with Crippen molar-refractivity contribution >= 4 is 40.5 Å². The van der Waals surface area contributed by atoms with Crippen molar-refractivity contribution in [2.24, 2.45) is 0 Å². The molecule has 0 aliphatic carbocycles. The number of benzene rings is 2. The molecule has 2 aromatic rings. The largest absolute Gasteiger partial charge is 0.449 e. The molecule has 1 amide bonds. The predicted octanol–water partition coefficient (Wildman–Crippen LogP) is 3.15. The Morgan fingerprint density at radius 3 is 2.58 bits per heavy atom. The smallest absolute Gasteiger partial charge is 0.341 e. The van der Waals surface area contributed by atoms with Crippen LogP contribution in [0.3, 0.4) is 0 Å². The van der Waals surface area contributed by atoms with E-state index < -0.39 is 28.7 Å². The van der Waals surface area contributed by atoms with Crippen molar-refractivity contribution < 1.29 is 23.6 Å². The third kappa shape index (κ3) is 4.45. The Morgan fingerprint density at radius 1 is 1.31 bits per heavy atom. The zero-order valence-corrected chi connectivity index (χ0v) is 14.1. The molecule has 0 aromatic heterocycles. The fraction of sp³-hybridized carbons (Fsp3) is 0.125. The molecule has 2 rings (SSSR count). The summed E-state index contributed by atoms with van der Waals surface area (Å²) in [6.07, 6.45) is -1.27. The van der Waals surface area contributed by atoms with Gasteiger partial charge < -0.3 is 15.8 Å². The van der Waals surface area contributed by atoms with Crippen LogP contribution < -0.4 is 11.1 Å². The number of anilines is 2. The molecule has 0 spiro atoms. The third-order valence-electron chi connectivity index (χ3n) is 3.31. The van der Waals surface area contributed by atoms with Gasteiger partial charge in [0.05, 0.1) is 21.9 Å². The molecule has 0 heterocycles. The molecule has 3 N–H and O–H groups in total. The zero-order chi connectivity index (χ0) is 19.4. The van der Waals surface area contributed by atoms with Crippen molar-refractivity contribution in [1.82, 2.24) is 0 Å². The molecule has 10 heteroatoms. The molecule has 0 aliphatic rings. The van der Waals surface area contributed by atoms with Gasteiger partial charge in [-0.3, -0.25) is 14.9 Å². The van der Waals surface area contributed by atoms with Gasteiger partial charge in [-0.2, -0.15) is 0 Å². The standard InChI is InChI=1S/C16H13ClFN3O5/c1-8(15(22)20-14-5-2-9(17)6-12(14)18)26-16(23)11-4-3-10(21(24)25)7-13(11)19/h2-8H,19H2,1H3,(H,20,22)/t8-/m1/s1. The van der Waals surface area contributed by atoms with Crippen LogP contribution in [0.1, 0.15) is 17.3 Å². The average Bonchev–Trinajstić information content (AvgIpc) is 2.56. The lowest BCUT2D eigenvalue weighted by molar-refractivity contribution is -0.384. The fourth-order valence-corrected chi connectivity index (χ4v) is 2.11. The highest BCUT2D eigenvalue weighted by Gasteiger charge is 2.22. The van der Waals surface area contributed by atoms with Crippen LogP contribution in [-0.4, -0.2) is 22.9 Å². The first-order chi connectivity index (χ1) is 12.2. The number of ether oxygens (including phenoxy) is 1. The van der Waals surface area contributed by atoms with Gasteiger partial charge in [-0.25, -0.2) is 9.18 Å². The third-order valence-corrected chi connectivity index (χ3v) is 3.54. The summed E-state index contributed by atoms with van der Waals surface area (Å²) in [7, 11) is 0. The highest BCUT2D eigenvalue weighted by Crippen LogP contribution is 2.22. The van der Waals surface area contributed by atoms with Crippen molar-refractivity contribution in [2.75, 3.05) is 11.1 Å². The second kappa shape index (κ2) is 7.79. The highest BCUT2D eigenvalue weighted by molar-refractivity contribution is 6.30. The van der Waals surface area contributed by atoms with Crippen molar-refractivity contribution in [3.8, 4) is 0 Å². The van der Waals surface area contributed by atoms with E-state index in [0.29, 0.717) is 0 Å². The molecule has 0 saturated carbocycles. The number of nitrogens with one attached hydrogen (secondary N) is 1. The van der Waals surface area contributed by atoms with E-state index in [1.54, 1.807) is 0 Å². The summed E-state index contributed by atoms with van der Waals surface area (Å²) < 4.78 is 18.6. The summed E-state index contributed by atoms with van der Waals surface area (Å²) in [5.74, 6) is -2.47. The van der Waals surface area contributed by atoms with E-state index in [-0.39, 0.29) is 27.6 Å². The first-order valence-electron chi connectivity index (χ1n) is 7.20. The van der Waals surface area contributed by atoms with Gasteiger partial charge >= 0.3 is 5.97 Å². The van der Waals surface area contributed by atoms with E-state index in [0.717, 1.165) is 24.3 Å². The van der Waals surface area contributed by atoms with Crippen LogP contribution in [-0.2, 0) is 9.53 Å². The maximum atomic E-state index is 13.7. The van der Waals surface area contributed by atoms with Gasteiger partial charge in [0, 0.05) is 17.2 Å². The molecule has 8 nitrogen and oxygen atoms in total. The van der Waals surface area contributed by atoms with Crippen LogP contribution in [0, 0.1) is 15.9 Å². The van der Waals surface area contributed by atoms with Crippen LogP contribution in [0.5, 0.6) is 0 Å². The van der Waals surface area contributed by atoms with Gasteiger partial charge in [0.25, 0.3) is 11.6 Å². The van der Waals surface area contributed by atoms with Gasteiger partial charge in [-0.15, -0.1) is 0 Å². The first-order valence-corrected chi connectivity index (χ1v) is 7.57. The van der Waals surface area contributed by atoms with E-state index in [1.165, 1.54) is 19.1 Å². The normalized spacial score (nSPS) is 11.5. The minimum absolute atomic E-state index is 0.128. The zero-order valence-electron chi connectivity index (χ0n) is 13.4. The number of nitrogens with zero attached hydrogens (tertiary/aromatic N) is 1. The number of hydrogen-bond donors (Lipinski definition) is 2. The number of carbonyl (C=O) groups excluding carboxylic acids is 2. The molecule has 0 saturated heterocycles. The number of non-ortho nitro benzene ring substituents is 1. The van der Waals surface area contributed by atoms with Gasteiger partial charge in [0.15, 0.2) is 6.10 Å². The van der Waals surface area contributed by atoms with Crippen LogP contribution in [0.4, 0.5) is 21.5 Å². The lowest BCUT2D eigenvalue weighted by Crippen LogP contribution is -2.30. The number of rotatable bonds is 5. The number of carbonyl (C=O) groups is 2. The summed E-state index contributed by atoms with van der Waals surface area (Å²) in [6, 6.07) is 6.88. The minimum Gasteiger partial charge on any atom is -0.449 e. The van der Waals surface area contributed by atoms with Crippen LogP contribution in [0.15, 0.2) is 36.4 Å². The van der Waals surface area contributed by atoms with Gasteiger partial charge in [-0.1, -0.05) is 11.6 Å². The summed E-state index contributed by atoms with van der Waals surface area (Å²) in [6.45, 7) is 1.28. The summed E-state index contributed by atoms with van der Waals surface area (Å²) >= 11 is 5.62. The number of nitrogen functional groups attached to an aromatic ring is 1. The van der Waals surface area contributed by atoms with Gasteiger partial charge in [0.1, 0.15) is 5.82 Å². The summed E-state index contributed by atoms with van der Waals surface area (Å²) in [4.78, 5) is 34.1. The van der Waals surface area contributed by atoms with E-state index >= 15 is 0 Å². The molecular weight excluding hydrogens is 369 g/mol. The maximum absolute atomic E-state index is 13.7. The van der Waals surface area contributed by atoms with Crippen molar-refractivity contribution in [3.63, 3.8) is 0 Å². The molecule has 0 fully saturated rings. The number of hydrogen-bond acceptors (Lipinski definition) is 6. The van der Waals surface area contributed by atoms with Crippen molar-refractivity contribution in [3.05, 3.63) is 62.9 Å². The molecule has 0 unspecified atom stereocenters. The van der Waals surface area contributed by atoms with Gasteiger partial charge in [-0.05, 0) is 31.2 Å². The highest BCUT2D eigenvalue weighted by atomic mass is 35.5. The second-order valence-electron chi connectivity index (χ2n) is 5.19. The lowest BCUT2D eigenvalue weighted by Gasteiger charge is -2.14. The molecule has 1 atom stereocenters. The molecule has 0 aliphatic heterocycles. The molecular formula is C16H13ClFN3O5. The van der Waals surface area contributed by atoms with Crippen molar-refractivity contribution in [2.45, 2.75) is 13.0 Å². The Balaban J connectivity index is 2.06. The fourth-order valence-electron chi connectivity index (χ4n) is 1.95. The number of nitrogens with two attached hydrogens (primary N) is 1. The maximum Gasteiger partial charge on any atom is 0.341 e. The predicted molar refractivity (Wildman–Crippen MR) is 92.4 cm³/mol. The molecule has 0 bridgehead atoms. The van der Waals surface area contributed by atoms with E-state index in [4.69, 9.17) is 22.1 Å². The van der Waals surface area contributed by atoms with E-state index in [1.807, 2.05) is 0 Å². The van der Waals surface area contributed by atoms with Crippen LogP contribution >= 0.6 is 11.6 Å². The Hall–Kier alpha value is -3.20. The van der Waals surface area contributed by atoms with Crippen LogP contribution in [0.2, 0.25) is 5.02 Å². The molecule has 0 radical (unpaired) electrons. The minimum atomic E-state index is -1.27. The topological polar surface area (TPSA) is 125 Å². The number of halogens is 2.